The summed E-state index contributed by atoms with van der Waals surface area (Å²) < 4.78 is 22.4. The number of rotatable bonds is 3. The van der Waals surface area contributed by atoms with Crippen LogP contribution >= 0.6 is 11.6 Å². The average molecular weight is 398 g/mol. The number of ketones is 2. The van der Waals surface area contributed by atoms with Gasteiger partial charge < -0.3 is 9.84 Å². The maximum atomic E-state index is 12.8. The van der Waals surface area contributed by atoms with E-state index < -0.39 is 27.1 Å². The second kappa shape index (κ2) is 7.40. The van der Waals surface area contributed by atoms with E-state index in [9.17, 15) is 18.9 Å². The monoisotopic (exact) mass is 397 g/mol. The molecule has 140 valence electrons. The van der Waals surface area contributed by atoms with Gasteiger partial charge in [-0.05, 0) is 31.4 Å². The van der Waals surface area contributed by atoms with E-state index in [0.717, 1.165) is 12.8 Å². The summed E-state index contributed by atoms with van der Waals surface area (Å²) in [6.07, 6.45) is 2.57. The number of allylic oxidation sites excluding steroid dienone is 1. The van der Waals surface area contributed by atoms with Crippen LogP contribution in [0.3, 0.4) is 0 Å². The third-order valence-corrected chi connectivity index (χ3v) is 7.34. The van der Waals surface area contributed by atoms with Crippen molar-refractivity contribution in [3.63, 3.8) is 0 Å². The lowest BCUT2D eigenvalue weighted by atomic mass is 9.89. The number of nitrogens with zero attached hydrogens (tertiary/aromatic N) is 1. The highest BCUT2D eigenvalue weighted by Gasteiger charge is 2.29. The van der Waals surface area contributed by atoms with Gasteiger partial charge in [0, 0.05) is 29.9 Å². The number of hydrogen-bond donors (Lipinski definition) is 1. The molecular formula is C18H20ClNO5S. The highest BCUT2D eigenvalue weighted by molar-refractivity contribution is 7.93. The summed E-state index contributed by atoms with van der Waals surface area (Å²) in [7, 11) is -0.979. The highest BCUT2D eigenvalue weighted by atomic mass is 35.5. The summed E-state index contributed by atoms with van der Waals surface area (Å²) in [6, 6.07) is 3.01. The fourth-order valence-electron chi connectivity index (χ4n) is 3.21. The first kappa shape index (κ1) is 18.9. The molecule has 0 atom stereocenters. The van der Waals surface area contributed by atoms with Gasteiger partial charge in [0.2, 0.25) is 0 Å². The average Bonchev–Trinajstić information content (AvgIpc) is 3.03. The molecule has 0 unspecified atom stereocenters. The van der Waals surface area contributed by atoms with Gasteiger partial charge in [-0.2, -0.15) is 4.36 Å². The SMILES string of the molecule is COc1ccc(C(O)=C2C(=O)CCCC2=O)c(Cl)c1N=S1(=O)CCCC1. The van der Waals surface area contributed by atoms with Gasteiger partial charge >= 0.3 is 0 Å². The van der Waals surface area contributed by atoms with Gasteiger partial charge in [0.1, 0.15) is 22.8 Å². The largest absolute Gasteiger partial charge is 0.506 e. The van der Waals surface area contributed by atoms with Crippen LogP contribution in [0.15, 0.2) is 22.1 Å². The molecule has 0 amide bonds. The first-order valence-corrected chi connectivity index (χ1v) is 10.7. The highest BCUT2D eigenvalue weighted by Crippen LogP contribution is 2.42. The third-order valence-electron chi connectivity index (χ3n) is 4.59. The van der Waals surface area contributed by atoms with E-state index in [-0.39, 0.29) is 34.7 Å². The van der Waals surface area contributed by atoms with Crippen molar-refractivity contribution in [1.82, 2.24) is 0 Å². The Hall–Kier alpha value is -1.86. The van der Waals surface area contributed by atoms with E-state index in [1.807, 2.05) is 0 Å². The van der Waals surface area contributed by atoms with Crippen molar-refractivity contribution in [1.29, 1.82) is 0 Å². The zero-order valence-electron chi connectivity index (χ0n) is 14.4. The zero-order valence-corrected chi connectivity index (χ0v) is 16.0. The predicted molar refractivity (Wildman–Crippen MR) is 101 cm³/mol. The van der Waals surface area contributed by atoms with Crippen molar-refractivity contribution in [3.8, 4) is 5.75 Å². The zero-order chi connectivity index (χ0) is 18.9. The van der Waals surface area contributed by atoms with E-state index in [4.69, 9.17) is 16.3 Å². The van der Waals surface area contributed by atoms with Crippen LogP contribution in [0.5, 0.6) is 5.75 Å². The number of ether oxygens (including phenoxy) is 1. The fourth-order valence-corrected chi connectivity index (χ4v) is 5.76. The molecule has 26 heavy (non-hydrogen) atoms. The number of hydrogen-bond acceptors (Lipinski definition) is 6. The molecule has 1 saturated carbocycles. The molecule has 0 bridgehead atoms. The van der Waals surface area contributed by atoms with Gasteiger partial charge in [-0.25, -0.2) is 4.21 Å². The first-order valence-electron chi connectivity index (χ1n) is 8.45. The first-order chi connectivity index (χ1) is 12.4. The Balaban J connectivity index is 2.19. The molecule has 1 aromatic rings. The van der Waals surface area contributed by atoms with Crippen LogP contribution < -0.4 is 4.74 Å². The molecule has 6 nitrogen and oxygen atoms in total. The minimum Gasteiger partial charge on any atom is -0.506 e. The van der Waals surface area contributed by atoms with E-state index >= 15 is 0 Å². The fraction of sp³-hybridized carbons (Fsp3) is 0.444. The summed E-state index contributed by atoms with van der Waals surface area (Å²) >= 11 is 6.43. The van der Waals surface area contributed by atoms with E-state index in [2.05, 4.69) is 4.36 Å². The van der Waals surface area contributed by atoms with E-state index in [0.29, 0.717) is 23.7 Å². The standard InChI is InChI=1S/C18H20ClNO5S/c1-25-14-8-7-11(18(23)15-12(21)5-4-6-13(15)22)16(19)17(14)20-26(24)9-2-3-10-26/h7-8,23H,2-6,9-10H2,1H3. The number of carbonyl (C=O) groups is 2. The number of carbonyl (C=O) groups excluding carboxylic acids is 2. The van der Waals surface area contributed by atoms with E-state index in [1.165, 1.54) is 19.2 Å². The van der Waals surface area contributed by atoms with Crippen molar-refractivity contribution in [2.75, 3.05) is 18.6 Å². The lowest BCUT2D eigenvalue weighted by Gasteiger charge is -2.16. The Kier molecular flexibility index (Phi) is 5.39. The number of aliphatic hydroxyl groups excluding tert-OH is 1. The van der Waals surface area contributed by atoms with Crippen molar-refractivity contribution >= 4 is 44.3 Å². The summed E-state index contributed by atoms with van der Waals surface area (Å²) in [6.45, 7) is 0. The number of benzene rings is 1. The Morgan fingerprint density at radius 3 is 2.35 bits per heavy atom. The molecule has 2 fully saturated rings. The molecule has 8 heteroatoms. The molecule has 2 aliphatic rings. The second-order valence-corrected chi connectivity index (χ2v) is 9.30. The van der Waals surface area contributed by atoms with Gasteiger partial charge in [-0.3, -0.25) is 9.59 Å². The molecule has 1 saturated heterocycles. The Morgan fingerprint density at radius 1 is 1.15 bits per heavy atom. The normalized spacial score (nSPS) is 19.5. The minimum atomic E-state index is -2.42. The van der Waals surface area contributed by atoms with Gasteiger partial charge in [0.15, 0.2) is 11.6 Å². The number of aliphatic hydroxyl groups is 1. The quantitative estimate of drug-likeness (QED) is 0.475. The second-order valence-electron chi connectivity index (χ2n) is 6.38. The van der Waals surface area contributed by atoms with Crippen LogP contribution in [0.2, 0.25) is 5.02 Å². The summed E-state index contributed by atoms with van der Waals surface area (Å²) in [5, 5.41) is 10.6. The van der Waals surface area contributed by atoms with Gasteiger partial charge in [0.25, 0.3) is 0 Å². The smallest absolute Gasteiger partial charge is 0.170 e. The number of methoxy groups -OCH3 is 1. The molecule has 0 aromatic heterocycles. The summed E-state index contributed by atoms with van der Waals surface area (Å²) in [5.74, 6) is 0.0518. The predicted octanol–water partition coefficient (Wildman–Crippen LogP) is 3.83. The Morgan fingerprint density at radius 2 is 1.77 bits per heavy atom. The molecule has 1 aromatic carbocycles. The van der Waals surface area contributed by atoms with Crippen LogP contribution in [0.1, 0.15) is 37.7 Å². The van der Waals surface area contributed by atoms with E-state index in [1.54, 1.807) is 0 Å². The summed E-state index contributed by atoms with van der Waals surface area (Å²) in [5.41, 5.74) is 0.0755. The van der Waals surface area contributed by atoms with Crippen molar-refractivity contribution in [2.45, 2.75) is 32.1 Å². The molecule has 0 radical (unpaired) electrons. The molecule has 1 N–H and O–H groups in total. The van der Waals surface area contributed by atoms with Crippen LogP contribution in [0, 0.1) is 0 Å². The Labute approximate surface area is 157 Å². The third kappa shape index (κ3) is 3.50. The molecule has 1 heterocycles. The van der Waals surface area contributed by atoms with Crippen LogP contribution in [0.4, 0.5) is 5.69 Å². The van der Waals surface area contributed by atoms with Crippen LogP contribution in [0.25, 0.3) is 5.76 Å². The lowest BCUT2D eigenvalue weighted by molar-refractivity contribution is -0.123. The maximum absolute atomic E-state index is 12.8. The van der Waals surface area contributed by atoms with Crippen LogP contribution in [-0.2, 0) is 19.3 Å². The summed E-state index contributed by atoms with van der Waals surface area (Å²) in [4.78, 5) is 24.2. The minimum absolute atomic E-state index is 0.0233. The molecule has 1 aliphatic carbocycles. The maximum Gasteiger partial charge on any atom is 0.170 e. The topological polar surface area (TPSA) is 93.0 Å². The van der Waals surface area contributed by atoms with Crippen molar-refractivity contribution in [2.24, 2.45) is 4.36 Å². The molecule has 1 aliphatic heterocycles. The van der Waals surface area contributed by atoms with Crippen molar-refractivity contribution in [3.05, 3.63) is 28.3 Å². The van der Waals surface area contributed by atoms with Gasteiger partial charge in [0.05, 0.1) is 21.9 Å². The lowest BCUT2D eigenvalue weighted by Crippen LogP contribution is -2.20. The van der Waals surface area contributed by atoms with Gasteiger partial charge in [-0.1, -0.05) is 11.6 Å². The molecule has 0 spiro atoms. The van der Waals surface area contributed by atoms with Crippen molar-refractivity contribution < 1.29 is 23.6 Å². The number of Topliss-reactive ketones (excluding diaryl/α,β-unsaturated/α-hetero) is 2. The number of halogens is 1. The van der Waals surface area contributed by atoms with Gasteiger partial charge in [-0.15, -0.1) is 0 Å². The Bertz CT molecular complexity index is 898. The molecule has 3 rings (SSSR count). The van der Waals surface area contributed by atoms with Crippen LogP contribution in [-0.4, -0.2) is 39.5 Å². The molecular weight excluding hydrogens is 378 g/mol.